The summed E-state index contributed by atoms with van der Waals surface area (Å²) >= 11 is 0. The molecule has 0 radical (unpaired) electrons. The Hall–Kier alpha value is -1.93. The quantitative estimate of drug-likeness (QED) is 0.690. The molecule has 2 amide bonds. The molecule has 0 saturated carbocycles. The van der Waals surface area contributed by atoms with Crippen molar-refractivity contribution in [3.8, 4) is 0 Å². The molecule has 0 aliphatic heterocycles. The topological polar surface area (TPSA) is 104 Å². The van der Waals surface area contributed by atoms with Gasteiger partial charge in [-0.15, -0.1) is 0 Å². The third-order valence-electron chi connectivity index (χ3n) is 2.76. The van der Waals surface area contributed by atoms with Crippen molar-refractivity contribution in [1.82, 2.24) is 10.0 Å². The van der Waals surface area contributed by atoms with Crippen LogP contribution in [0, 0.1) is 0 Å². The summed E-state index contributed by atoms with van der Waals surface area (Å²) in [5.74, 6) is -0.616. The molecule has 122 valence electrons. The lowest BCUT2D eigenvalue weighted by Gasteiger charge is -2.14. The van der Waals surface area contributed by atoms with Gasteiger partial charge in [-0.25, -0.2) is 8.42 Å². The van der Waals surface area contributed by atoms with Crippen molar-refractivity contribution in [2.24, 2.45) is 0 Å². The summed E-state index contributed by atoms with van der Waals surface area (Å²) in [6, 6.07) is 4.83. The van der Waals surface area contributed by atoms with Crippen LogP contribution in [-0.4, -0.2) is 32.8 Å². The molecule has 0 heterocycles. The molecule has 7 nitrogen and oxygen atoms in total. The van der Waals surface area contributed by atoms with E-state index in [9.17, 15) is 18.0 Å². The predicted molar refractivity (Wildman–Crippen MR) is 83.8 cm³/mol. The minimum Gasteiger partial charge on any atom is -0.355 e. The molecule has 0 unspecified atom stereocenters. The predicted octanol–water partition coefficient (Wildman–Crippen LogP) is 0.838. The number of carbonyl (C=O) groups is 2. The Morgan fingerprint density at radius 1 is 1.18 bits per heavy atom. The van der Waals surface area contributed by atoms with Crippen LogP contribution in [0.1, 0.15) is 27.2 Å². The zero-order chi connectivity index (χ0) is 16.8. The largest absolute Gasteiger partial charge is 0.355 e. The van der Waals surface area contributed by atoms with Gasteiger partial charge < -0.3 is 10.6 Å². The van der Waals surface area contributed by atoms with Gasteiger partial charge in [0.05, 0.1) is 10.9 Å². The Morgan fingerprint density at radius 2 is 1.77 bits per heavy atom. The van der Waals surface area contributed by atoms with Crippen molar-refractivity contribution >= 4 is 27.5 Å². The zero-order valence-corrected chi connectivity index (χ0v) is 13.7. The molecule has 1 aromatic rings. The smallest absolute Gasteiger partial charge is 0.241 e. The number of rotatable bonds is 7. The van der Waals surface area contributed by atoms with Gasteiger partial charge >= 0.3 is 0 Å². The maximum absolute atomic E-state index is 12.2. The number of carbonyl (C=O) groups excluding carboxylic acids is 2. The van der Waals surface area contributed by atoms with Crippen LogP contribution < -0.4 is 15.4 Å². The molecule has 0 bridgehead atoms. The summed E-state index contributed by atoms with van der Waals surface area (Å²) in [5.41, 5.74) is 0.500. The number of nitrogens with one attached hydrogen (secondary N) is 3. The summed E-state index contributed by atoms with van der Waals surface area (Å²) in [7, 11) is -3.80. The molecular weight excluding hydrogens is 306 g/mol. The van der Waals surface area contributed by atoms with E-state index in [2.05, 4.69) is 15.4 Å². The summed E-state index contributed by atoms with van der Waals surface area (Å²) in [4.78, 5) is 22.6. The second-order valence-electron chi connectivity index (χ2n) is 4.84. The molecule has 1 aromatic carbocycles. The van der Waals surface area contributed by atoms with Gasteiger partial charge in [0.1, 0.15) is 0 Å². The number of amides is 2. The highest BCUT2D eigenvalue weighted by Crippen LogP contribution is 2.14. The highest BCUT2D eigenvalue weighted by molar-refractivity contribution is 7.89. The van der Waals surface area contributed by atoms with Gasteiger partial charge in [0.15, 0.2) is 0 Å². The fraction of sp³-hybridized carbons (Fsp3) is 0.429. The lowest BCUT2D eigenvalue weighted by atomic mass is 10.3. The molecule has 0 aliphatic carbocycles. The fourth-order valence-electron chi connectivity index (χ4n) is 1.68. The van der Waals surface area contributed by atoms with E-state index in [-0.39, 0.29) is 16.7 Å². The molecule has 0 aromatic heterocycles. The molecule has 0 spiro atoms. The maximum atomic E-state index is 12.2. The van der Waals surface area contributed by atoms with E-state index >= 15 is 0 Å². The number of hydrogen-bond donors (Lipinski definition) is 3. The summed E-state index contributed by atoms with van der Waals surface area (Å²) < 4.78 is 26.7. The number of benzene rings is 1. The average Bonchev–Trinajstić information content (AvgIpc) is 2.44. The van der Waals surface area contributed by atoms with Crippen LogP contribution in [0.4, 0.5) is 5.69 Å². The number of hydrogen-bond acceptors (Lipinski definition) is 4. The second-order valence-corrected chi connectivity index (χ2v) is 6.55. The summed E-state index contributed by atoms with van der Waals surface area (Å²) in [5, 5.41) is 5.17. The first-order valence-corrected chi connectivity index (χ1v) is 8.42. The molecule has 8 heteroatoms. The summed E-state index contributed by atoms with van der Waals surface area (Å²) in [6.45, 7) is 5.25. The number of anilines is 1. The van der Waals surface area contributed by atoms with Crippen LogP contribution in [0.5, 0.6) is 0 Å². The van der Waals surface area contributed by atoms with Gasteiger partial charge in [0.25, 0.3) is 0 Å². The van der Waals surface area contributed by atoms with E-state index in [0.717, 1.165) is 6.42 Å². The molecule has 0 saturated heterocycles. The zero-order valence-electron chi connectivity index (χ0n) is 12.8. The van der Waals surface area contributed by atoms with Crippen molar-refractivity contribution < 1.29 is 18.0 Å². The first-order chi connectivity index (χ1) is 10.3. The molecule has 0 fully saturated rings. The summed E-state index contributed by atoms with van der Waals surface area (Å²) in [6.07, 6.45) is 0.774. The van der Waals surface area contributed by atoms with Crippen molar-refractivity contribution in [2.75, 3.05) is 11.9 Å². The Bertz CT molecular complexity index is 626. The van der Waals surface area contributed by atoms with Gasteiger partial charge in [-0.1, -0.05) is 6.92 Å². The van der Waals surface area contributed by atoms with Gasteiger partial charge in [0, 0.05) is 19.2 Å². The molecule has 3 N–H and O–H groups in total. The van der Waals surface area contributed by atoms with E-state index in [1.165, 1.54) is 38.1 Å². The number of sulfonamides is 1. The van der Waals surface area contributed by atoms with Gasteiger partial charge in [-0.05, 0) is 37.6 Å². The fourth-order valence-corrected chi connectivity index (χ4v) is 2.88. The second kappa shape index (κ2) is 7.90. The Morgan fingerprint density at radius 3 is 2.27 bits per heavy atom. The van der Waals surface area contributed by atoms with Gasteiger partial charge in [0.2, 0.25) is 21.8 Å². The van der Waals surface area contributed by atoms with Crippen molar-refractivity contribution in [3.63, 3.8) is 0 Å². The first-order valence-electron chi connectivity index (χ1n) is 6.94. The van der Waals surface area contributed by atoms with Crippen molar-refractivity contribution in [3.05, 3.63) is 24.3 Å². The Labute approximate surface area is 130 Å². The van der Waals surface area contributed by atoms with E-state index in [4.69, 9.17) is 0 Å². The van der Waals surface area contributed by atoms with Crippen molar-refractivity contribution in [1.29, 1.82) is 0 Å². The van der Waals surface area contributed by atoms with Crippen LogP contribution >= 0.6 is 0 Å². The molecule has 22 heavy (non-hydrogen) atoms. The molecular formula is C14H21N3O4S. The average molecular weight is 327 g/mol. The Balaban J connectivity index is 2.77. The molecule has 0 aliphatic rings. The minimum atomic E-state index is -3.80. The lowest BCUT2D eigenvalue weighted by molar-refractivity contribution is -0.122. The van der Waals surface area contributed by atoms with Crippen molar-refractivity contribution in [2.45, 2.75) is 38.1 Å². The first kappa shape index (κ1) is 18.1. The molecule has 1 atom stereocenters. The van der Waals surface area contributed by atoms with E-state index in [0.29, 0.717) is 12.2 Å². The third kappa shape index (κ3) is 5.45. The Kier molecular flexibility index (Phi) is 6.51. The standard InChI is InChI=1S/C14H21N3O4S/c1-4-9-15-14(19)10(2)17-22(20,21)13-7-5-12(6-8-13)16-11(3)18/h5-8,10,17H,4,9H2,1-3H3,(H,15,19)(H,16,18)/t10-/m0/s1. The highest BCUT2D eigenvalue weighted by Gasteiger charge is 2.21. The van der Waals surface area contributed by atoms with Crippen LogP contribution in [0.2, 0.25) is 0 Å². The van der Waals surface area contributed by atoms with Crippen LogP contribution in [0.15, 0.2) is 29.2 Å². The van der Waals surface area contributed by atoms with E-state index < -0.39 is 16.1 Å². The minimum absolute atomic E-state index is 0.0248. The highest BCUT2D eigenvalue weighted by atomic mass is 32.2. The van der Waals surface area contributed by atoms with Crippen LogP contribution in [0.25, 0.3) is 0 Å². The van der Waals surface area contributed by atoms with E-state index in [1.54, 1.807) is 0 Å². The maximum Gasteiger partial charge on any atom is 0.241 e. The van der Waals surface area contributed by atoms with Crippen LogP contribution in [0.3, 0.4) is 0 Å². The normalized spacial score (nSPS) is 12.5. The lowest BCUT2D eigenvalue weighted by Crippen LogP contribution is -2.44. The SMILES string of the molecule is CCCNC(=O)[C@H](C)NS(=O)(=O)c1ccc(NC(C)=O)cc1. The molecule has 1 rings (SSSR count). The monoisotopic (exact) mass is 327 g/mol. The third-order valence-corrected chi connectivity index (χ3v) is 4.32. The van der Waals surface area contributed by atoms with E-state index in [1.807, 2.05) is 6.92 Å². The van der Waals surface area contributed by atoms with Crippen LogP contribution in [-0.2, 0) is 19.6 Å². The van der Waals surface area contributed by atoms with Gasteiger partial charge in [-0.3, -0.25) is 9.59 Å². The van der Waals surface area contributed by atoms with Gasteiger partial charge in [-0.2, -0.15) is 4.72 Å².